The summed E-state index contributed by atoms with van der Waals surface area (Å²) in [6.45, 7) is 1.88. The number of rotatable bonds is 4. The first-order valence-electron chi connectivity index (χ1n) is 7.27. The van der Waals surface area contributed by atoms with Crippen LogP contribution in [0.15, 0.2) is 48.5 Å². The zero-order chi connectivity index (χ0) is 16.9. The van der Waals surface area contributed by atoms with E-state index in [1.165, 1.54) is 6.07 Å². The third kappa shape index (κ3) is 3.54. The van der Waals surface area contributed by atoms with E-state index in [2.05, 4.69) is 26.2 Å². The van der Waals surface area contributed by atoms with Crippen LogP contribution in [0, 0.1) is 12.7 Å². The van der Waals surface area contributed by atoms with Gasteiger partial charge in [0, 0.05) is 17.8 Å². The number of nitrogens with one attached hydrogen (secondary N) is 2. The zero-order valence-corrected chi connectivity index (χ0v) is 12.9. The Labute approximate surface area is 137 Å². The molecule has 1 heterocycles. The quantitative estimate of drug-likeness (QED) is 0.771. The van der Waals surface area contributed by atoms with Crippen molar-refractivity contribution in [3.8, 4) is 5.69 Å². The molecule has 2 amide bonds. The number of tetrazole rings is 1. The van der Waals surface area contributed by atoms with E-state index in [0.717, 1.165) is 5.69 Å². The normalized spacial score (nSPS) is 10.4. The summed E-state index contributed by atoms with van der Waals surface area (Å²) in [4.78, 5) is 12.0. The number of carbonyl (C=O) groups excluding carboxylic acids is 1. The second-order valence-electron chi connectivity index (χ2n) is 5.09. The highest BCUT2D eigenvalue weighted by Gasteiger charge is 2.07. The molecule has 3 rings (SSSR count). The van der Waals surface area contributed by atoms with Crippen molar-refractivity contribution in [2.75, 3.05) is 5.32 Å². The van der Waals surface area contributed by atoms with E-state index in [1.54, 1.807) is 48.0 Å². The monoisotopic (exact) mass is 326 g/mol. The molecular weight excluding hydrogens is 311 g/mol. The topological polar surface area (TPSA) is 84.7 Å². The fourth-order valence-corrected chi connectivity index (χ4v) is 2.18. The number of nitrogens with zero attached hydrogens (tertiary/aromatic N) is 4. The van der Waals surface area contributed by atoms with Crippen molar-refractivity contribution in [1.29, 1.82) is 0 Å². The van der Waals surface area contributed by atoms with Gasteiger partial charge in [0.15, 0.2) is 5.82 Å². The van der Waals surface area contributed by atoms with Crippen molar-refractivity contribution in [2.45, 2.75) is 13.5 Å². The molecule has 7 nitrogen and oxygen atoms in total. The second kappa shape index (κ2) is 6.86. The second-order valence-corrected chi connectivity index (χ2v) is 5.09. The van der Waals surface area contributed by atoms with E-state index in [0.29, 0.717) is 17.1 Å². The summed E-state index contributed by atoms with van der Waals surface area (Å²) >= 11 is 0. The molecule has 24 heavy (non-hydrogen) atoms. The summed E-state index contributed by atoms with van der Waals surface area (Å²) < 4.78 is 15.1. The molecule has 3 aromatic rings. The minimum Gasteiger partial charge on any atom is -0.334 e. The Morgan fingerprint density at radius 1 is 1.21 bits per heavy atom. The molecule has 0 atom stereocenters. The number of amides is 2. The van der Waals surface area contributed by atoms with Crippen molar-refractivity contribution >= 4 is 11.7 Å². The molecule has 8 heteroatoms. The van der Waals surface area contributed by atoms with Gasteiger partial charge >= 0.3 is 6.03 Å². The van der Waals surface area contributed by atoms with Crippen LogP contribution < -0.4 is 10.6 Å². The van der Waals surface area contributed by atoms with Crippen LogP contribution in [-0.2, 0) is 6.54 Å². The molecule has 0 fully saturated rings. The highest BCUT2D eigenvalue weighted by molar-refractivity contribution is 5.89. The lowest BCUT2D eigenvalue weighted by Gasteiger charge is -2.09. The van der Waals surface area contributed by atoms with Crippen LogP contribution in [0.25, 0.3) is 5.69 Å². The van der Waals surface area contributed by atoms with Crippen molar-refractivity contribution < 1.29 is 9.18 Å². The van der Waals surface area contributed by atoms with Gasteiger partial charge in [-0.05, 0) is 41.6 Å². The lowest BCUT2D eigenvalue weighted by atomic mass is 10.2. The summed E-state index contributed by atoms with van der Waals surface area (Å²) in [6, 6.07) is 13.0. The third-order valence-electron chi connectivity index (χ3n) is 3.37. The Morgan fingerprint density at radius 3 is 2.79 bits per heavy atom. The van der Waals surface area contributed by atoms with Gasteiger partial charge in [0.1, 0.15) is 5.82 Å². The van der Waals surface area contributed by atoms with Crippen LogP contribution in [0.2, 0.25) is 0 Å². The van der Waals surface area contributed by atoms with E-state index in [-0.39, 0.29) is 12.4 Å². The van der Waals surface area contributed by atoms with E-state index in [1.807, 2.05) is 6.07 Å². The van der Waals surface area contributed by atoms with Crippen LogP contribution in [0.3, 0.4) is 0 Å². The fourth-order valence-electron chi connectivity index (χ4n) is 2.18. The number of aromatic nitrogens is 4. The van der Waals surface area contributed by atoms with Gasteiger partial charge < -0.3 is 10.6 Å². The standard InChI is InChI=1S/C16H15FN6O/c1-11-20-21-22-23(11)14-7-4-6-13(9-14)19-16(24)18-10-12-5-2-3-8-15(12)17/h2-9H,10H2,1H3,(H2,18,19,24). The molecule has 0 spiro atoms. The van der Waals surface area contributed by atoms with Gasteiger partial charge in [0.05, 0.1) is 5.69 Å². The van der Waals surface area contributed by atoms with E-state index < -0.39 is 6.03 Å². The number of halogens is 1. The number of benzene rings is 2. The summed E-state index contributed by atoms with van der Waals surface area (Å²) in [5, 5.41) is 16.6. The number of carbonyl (C=O) groups is 1. The van der Waals surface area contributed by atoms with Crippen LogP contribution in [0.5, 0.6) is 0 Å². The van der Waals surface area contributed by atoms with Gasteiger partial charge in [-0.1, -0.05) is 24.3 Å². The van der Waals surface area contributed by atoms with Crippen molar-refractivity contribution in [1.82, 2.24) is 25.5 Å². The molecule has 0 aliphatic carbocycles. The maximum absolute atomic E-state index is 13.5. The highest BCUT2D eigenvalue weighted by atomic mass is 19.1. The van der Waals surface area contributed by atoms with Crippen LogP contribution in [0.4, 0.5) is 14.9 Å². The van der Waals surface area contributed by atoms with Crippen LogP contribution >= 0.6 is 0 Å². The number of urea groups is 1. The van der Waals surface area contributed by atoms with Crippen molar-refractivity contribution in [3.05, 3.63) is 65.7 Å². The SMILES string of the molecule is Cc1nnnn1-c1cccc(NC(=O)NCc2ccccc2F)c1. The Morgan fingerprint density at radius 2 is 2.04 bits per heavy atom. The van der Waals surface area contributed by atoms with Gasteiger partial charge in [-0.15, -0.1) is 5.10 Å². The lowest BCUT2D eigenvalue weighted by Crippen LogP contribution is -2.28. The smallest absolute Gasteiger partial charge is 0.319 e. The van der Waals surface area contributed by atoms with Crippen LogP contribution in [-0.4, -0.2) is 26.2 Å². The first-order valence-corrected chi connectivity index (χ1v) is 7.27. The number of aryl methyl sites for hydroxylation is 1. The van der Waals surface area contributed by atoms with Gasteiger partial charge in [-0.3, -0.25) is 0 Å². The molecule has 0 unspecified atom stereocenters. The highest BCUT2D eigenvalue weighted by Crippen LogP contribution is 2.14. The first kappa shape index (κ1) is 15.6. The van der Waals surface area contributed by atoms with Gasteiger partial charge in [0.2, 0.25) is 0 Å². The average molecular weight is 326 g/mol. The number of hydrogen-bond acceptors (Lipinski definition) is 4. The minimum absolute atomic E-state index is 0.101. The molecule has 2 N–H and O–H groups in total. The molecule has 0 saturated carbocycles. The lowest BCUT2D eigenvalue weighted by molar-refractivity contribution is 0.251. The van der Waals surface area contributed by atoms with Crippen LogP contribution in [0.1, 0.15) is 11.4 Å². The zero-order valence-electron chi connectivity index (χ0n) is 12.9. The molecule has 0 aliphatic rings. The maximum Gasteiger partial charge on any atom is 0.319 e. The Bertz CT molecular complexity index is 863. The number of anilines is 1. The summed E-state index contributed by atoms with van der Waals surface area (Å²) in [5.74, 6) is 0.283. The molecule has 0 saturated heterocycles. The van der Waals surface area contributed by atoms with E-state index in [9.17, 15) is 9.18 Å². The van der Waals surface area contributed by atoms with E-state index in [4.69, 9.17) is 0 Å². The predicted octanol–water partition coefficient (Wildman–Crippen LogP) is 2.43. The molecular formula is C16H15FN6O. The van der Waals surface area contributed by atoms with E-state index >= 15 is 0 Å². The Balaban J connectivity index is 1.65. The van der Waals surface area contributed by atoms with Gasteiger partial charge in [0.25, 0.3) is 0 Å². The molecule has 1 aromatic heterocycles. The average Bonchev–Trinajstić information content (AvgIpc) is 3.00. The van der Waals surface area contributed by atoms with Gasteiger partial charge in [-0.2, -0.15) is 4.68 Å². The molecule has 122 valence electrons. The third-order valence-corrected chi connectivity index (χ3v) is 3.37. The minimum atomic E-state index is -0.427. The summed E-state index contributed by atoms with van der Waals surface area (Å²) in [7, 11) is 0. The maximum atomic E-state index is 13.5. The Kier molecular flexibility index (Phi) is 4.46. The summed E-state index contributed by atoms with van der Waals surface area (Å²) in [6.07, 6.45) is 0. The molecule has 0 aliphatic heterocycles. The van der Waals surface area contributed by atoms with Crippen molar-refractivity contribution in [2.24, 2.45) is 0 Å². The molecule has 0 bridgehead atoms. The predicted molar refractivity (Wildman–Crippen MR) is 86.1 cm³/mol. The molecule has 0 radical (unpaired) electrons. The first-order chi connectivity index (χ1) is 11.6. The fraction of sp³-hybridized carbons (Fsp3) is 0.125. The number of hydrogen-bond donors (Lipinski definition) is 2. The molecule has 2 aromatic carbocycles. The summed E-state index contributed by atoms with van der Waals surface area (Å²) in [5.41, 5.74) is 1.73. The Hall–Kier alpha value is -3.29. The largest absolute Gasteiger partial charge is 0.334 e. The van der Waals surface area contributed by atoms with Gasteiger partial charge in [-0.25, -0.2) is 9.18 Å². The van der Waals surface area contributed by atoms with Crippen molar-refractivity contribution in [3.63, 3.8) is 0 Å².